The Labute approximate surface area is 163 Å². The highest BCUT2D eigenvalue weighted by Crippen LogP contribution is 2.30. The molecule has 1 aromatic carbocycles. The molecule has 1 aliphatic rings. The second-order valence-corrected chi connectivity index (χ2v) is 7.60. The number of likely N-dealkylation sites (N-methyl/N-ethyl adjacent to an activating group) is 1. The van der Waals surface area contributed by atoms with Crippen LogP contribution in [0.3, 0.4) is 0 Å². The normalized spacial score (nSPS) is 17.3. The molecule has 1 aliphatic heterocycles. The van der Waals surface area contributed by atoms with Gasteiger partial charge in [-0.3, -0.25) is 4.79 Å². The number of carbonyl (C=O) groups excluding carboxylic acids is 1. The van der Waals surface area contributed by atoms with Crippen LogP contribution in [-0.2, 0) is 0 Å². The highest BCUT2D eigenvalue weighted by atomic mass is 35.5. The highest BCUT2D eigenvalue weighted by Gasteiger charge is 2.32. The van der Waals surface area contributed by atoms with Crippen LogP contribution < -0.4 is 5.32 Å². The highest BCUT2D eigenvalue weighted by molar-refractivity contribution is 6.37. The van der Waals surface area contributed by atoms with Gasteiger partial charge in [-0.2, -0.15) is 0 Å². The second kappa shape index (κ2) is 7.94. The number of hydrogen-bond acceptors (Lipinski definition) is 4. The van der Waals surface area contributed by atoms with Crippen molar-refractivity contribution in [1.29, 1.82) is 0 Å². The summed E-state index contributed by atoms with van der Waals surface area (Å²) in [5, 5.41) is 8.57. The fourth-order valence-corrected chi connectivity index (χ4v) is 3.88. The SMILES string of the molecule is CNCC1CCCN1C(=O)c1nc(C(C)C)n(-c2c(Cl)cccc2Cl)n1. The Kier molecular flexibility index (Phi) is 5.85. The number of nitrogens with zero attached hydrogens (tertiary/aromatic N) is 4. The van der Waals surface area contributed by atoms with Gasteiger partial charge in [0.05, 0.1) is 10.0 Å². The maximum absolute atomic E-state index is 13.0. The molecular formula is C18H23Cl2N5O. The number of amides is 1. The first-order valence-corrected chi connectivity index (χ1v) is 9.56. The van der Waals surface area contributed by atoms with Gasteiger partial charge in [-0.1, -0.05) is 43.1 Å². The minimum Gasteiger partial charge on any atom is -0.332 e. The number of carbonyl (C=O) groups is 1. The lowest BCUT2D eigenvalue weighted by Gasteiger charge is -2.23. The molecule has 1 N–H and O–H groups in total. The molecule has 26 heavy (non-hydrogen) atoms. The number of nitrogens with one attached hydrogen (secondary N) is 1. The van der Waals surface area contributed by atoms with E-state index in [2.05, 4.69) is 15.4 Å². The first-order valence-electron chi connectivity index (χ1n) is 8.81. The zero-order valence-electron chi connectivity index (χ0n) is 15.2. The van der Waals surface area contributed by atoms with E-state index in [1.165, 1.54) is 0 Å². The summed E-state index contributed by atoms with van der Waals surface area (Å²) >= 11 is 12.7. The third-order valence-electron chi connectivity index (χ3n) is 4.57. The number of benzene rings is 1. The van der Waals surface area contributed by atoms with Crippen molar-refractivity contribution in [3.63, 3.8) is 0 Å². The molecule has 0 bridgehead atoms. The number of rotatable bonds is 5. The van der Waals surface area contributed by atoms with E-state index in [1.807, 2.05) is 25.8 Å². The van der Waals surface area contributed by atoms with Crippen molar-refractivity contribution in [1.82, 2.24) is 25.0 Å². The van der Waals surface area contributed by atoms with Gasteiger partial charge in [-0.05, 0) is 32.0 Å². The summed E-state index contributed by atoms with van der Waals surface area (Å²) in [5.74, 6) is 0.759. The minimum absolute atomic E-state index is 0.0584. The topological polar surface area (TPSA) is 63.1 Å². The monoisotopic (exact) mass is 395 g/mol. The molecule has 0 spiro atoms. The standard InChI is InChI=1S/C18H23Cl2N5O/c1-11(2)17-22-16(18(26)24-9-5-6-12(24)10-21-3)23-25(17)15-13(19)7-4-8-14(15)20/h4,7-8,11-12,21H,5-6,9-10H2,1-3H3. The van der Waals surface area contributed by atoms with Crippen LogP contribution in [0.4, 0.5) is 0 Å². The van der Waals surface area contributed by atoms with Crippen molar-refractivity contribution in [2.75, 3.05) is 20.1 Å². The van der Waals surface area contributed by atoms with Gasteiger partial charge >= 0.3 is 0 Å². The third kappa shape index (κ3) is 3.59. The predicted molar refractivity (Wildman–Crippen MR) is 103 cm³/mol. The Bertz CT molecular complexity index is 785. The molecule has 2 aromatic rings. The van der Waals surface area contributed by atoms with Crippen molar-refractivity contribution in [2.24, 2.45) is 0 Å². The molecule has 0 aliphatic carbocycles. The molecule has 3 rings (SSSR count). The lowest BCUT2D eigenvalue weighted by atomic mass is 10.2. The van der Waals surface area contributed by atoms with Gasteiger partial charge < -0.3 is 10.2 Å². The number of halogens is 2. The summed E-state index contributed by atoms with van der Waals surface area (Å²) in [6, 6.07) is 5.45. The van der Waals surface area contributed by atoms with Gasteiger partial charge in [0.25, 0.3) is 5.91 Å². The molecule has 2 heterocycles. The van der Waals surface area contributed by atoms with E-state index in [9.17, 15) is 4.79 Å². The van der Waals surface area contributed by atoms with E-state index in [-0.39, 0.29) is 23.7 Å². The summed E-state index contributed by atoms with van der Waals surface area (Å²) in [6.07, 6.45) is 1.98. The lowest BCUT2D eigenvalue weighted by molar-refractivity contribution is 0.0724. The quantitative estimate of drug-likeness (QED) is 0.840. The van der Waals surface area contributed by atoms with Crippen molar-refractivity contribution >= 4 is 29.1 Å². The van der Waals surface area contributed by atoms with Crippen LogP contribution in [-0.4, -0.2) is 51.8 Å². The van der Waals surface area contributed by atoms with Crippen molar-refractivity contribution in [3.8, 4) is 5.69 Å². The fourth-order valence-electron chi connectivity index (χ4n) is 3.32. The molecule has 0 radical (unpaired) electrons. The van der Waals surface area contributed by atoms with Crippen LogP contribution in [0.15, 0.2) is 18.2 Å². The van der Waals surface area contributed by atoms with Crippen LogP contribution >= 0.6 is 23.2 Å². The molecule has 8 heteroatoms. The summed E-state index contributed by atoms with van der Waals surface area (Å²) in [6.45, 7) is 5.49. The third-order valence-corrected chi connectivity index (χ3v) is 5.18. The Balaban J connectivity index is 2.01. The van der Waals surface area contributed by atoms with E-state index in [0.717, 1.165) is 25.9 Å². The summed E-state index contributed by atoms with van der Waals surface area (Å²) in [4.78, 5) is 19.4. The van der Waals surface area contributed by atoms with Crippen molar-refractivity contribution < 1.29 is 4.79 Å². The molecule has 140 valence electrons. The largest absolute Gasteiger partial charge is 0.332 e. The van der Waals surface area contributed by atoms with Gasteiger partial charge in [-0.25, -0.2) is 9.67 Å². The Morgan fingerprint density at radius 3 is 2.65 bits per heavy atom. The summed E-state index contributed by atoms with van der Waals surface area (Å²) in [5.41, 5.74) is 0.555. The molecule has 1 unspecified atom stereocenters. The zero-order chi connectivity index (χ0) is 18.8. The Morgan fingerprint density at radius 1 is 1.35 bits per heavy atom. The molecule has 0 saturated carbocycles. The first kappa shape index (κ1) is 19.1. The van der Waals surface area contributed by atoms with E-state index in [4.69, 9.17) is 23.2 Å². The molecule has 1 amide bonds. The number of likely N-dealkylation sites (tertiary alicyclic amines) is 1. The molecular weight excluding hydrogens is 373 g/mol. The van der Waals surface area contributed by atoms with Crippen molar-refractivity contribution in [2.45, 2.75) is 38.6 Å². The maximum atomic E-state index is 13.0. The van der Waals surface area contributed by atoms with E-state index >= 15 is 0 Å². The second-order valence-electron chi connectivity index (χ2n) is 6.78. The first-order chi connectivity index (χ1) is 12.4. The van der Waals surface area contributed by atoms with Gasteiger partial charge in [0, 0.05) is 25.0 Å². The van der Waals surface area contributed by atoms with E-state index in [0.29, 0.717) is 21.6 Å². The van der Waals surface area contributed by atoms with Gasteiger partial charge in [0.15, 0.2) is 0 Å². The van der Waals surface area contributed by atoms with Crippen LogP contribution in [0.25, 0.3) is 5.69 Å². The number of para-hydroxylation sites is 1. The van der Waals surface area contributed by atoms with Gasteiger partial charge in [-0.15, -0.1) is 5.10 Å². The average molecular weight is 396 g/mol. The van der Waals surface area contributed by atoms with Crippen LogP contribution in [0.5, 0.6) is 0 Å². The molecule has 1 fully saturated rings. The van der Waals surface area contributed by atoms with Crippen LogP contribution in [0.1, 0.15) is 49.1 Å². The predicted octanol–water partition coefficient (Wildman–Crippen LogP) is 3.52. The summed E-state index contributed by atoms with van der Waals surface area (Å²) in [7, 11) is 1.89. The molecule has 6 nitrogen and oxygen atoms in total. The molecule has 1 aromatic heterocycles. The number of aromatic nitrogens is 3. The van der Waals surface area contributed by atoms with Crippen LogP contribution in [0, 0.1) is 0 Å². The van der Waals surface area contributed by atoms with E-state index < -0.39 is 0 Å². The van der Waals surface area contributed by atoms with Crippen LogP contribution in [0.2, 0.25) is 10.0 Å². The van der Waals surface area contributed by atoms with Gasteiger partial charge in [0.1, 0.15) is 11.5 Å². The zero-order valence-corrected chi connectivity index (χ0v) is 16.7. The smallest absolute Gasteiger partial charge is 0.293 e. The van der Waals surface area contributed by atoms with Gasteiger partial charge in [0.2, 0.25) is 5.82 Å². The van der Waals surface area contributed by atoms with E-state index in [1.54, 1.807) is 22.9 Å². The Hall–Kier alpha value is -1.63. The molecule has 1 atom stereocenters. The average Bonchev–Trinajstić information content (AvgIpc) is 3.22. The molecule has 1 saturated heterocycles. The van der Waals surface area contributed by atoms with Crippen molar-refractivity contribution in [3.05, 3.63) is 39.9 Å². The minimum atomic E-state index is -0.147. The fraction of sp³-hybridized carbons (Fsp3) is 0.500. The Morgan fingerprint density at radius 2 is 2.04 bits per heavy atom. The lowest BCUT2D eigenvalue weighted by Crippen LogP contribution is -2.41. The summed E-state index contributed by atoms with van der Waals surface area (Å²) < 4.78 is 1.60. The maximum Gasteiger partial charge on any atom is 0.293 e. The number of hydrogen-bond donors (Lipinski definition) is 1.